The molecule has 0 saturated carbocycles. The lowest BCUT2D eigenvalue weighted by Crippen LogP contribution is -2.61. The van der Waals surface area contributed by atoms with E-state index in [1.54, 1.807) is 16.7 Å². The van der Waals surface area contributed by atoms with Gasteiger partial charge in [-0.3, -0.25) is 9.59 Å². The fourth-order valence-electron chi connectivity index (χ4n) is 5.06. The molecule has 4 heterocycles. The Morgan fingerprint density at radius 1 is 1.14 bits per heavy atom. The minimum absolute atomic E-state index is 0.00862. The topological polar surface area (TPSA) is 95.5 Å². The Balaban J connectivity index is 1.65. The van der Waals surface area contributed by atoms with E-state index in [2.05, 4.69) is 4.98 Å². The molecule has 2 fully saturated rings. The van der Waals surface area contributed by atoms with Crippen molar-refractivity contribution in [1.82, 2.24) is 19.7 Å². The Hall–Kier alpha value is -2.46. The third kappa shape index (κ3) is 5.02. The molecular formula is C24H33Cl2N5O5. The van der Waals surface area contributed by atoms with Crippen LogP contribution in [0.25, 0.3) is 0 Å². The number of halogens is 2. The van der Waals surface area contributed by atoms with Crippen molar-refractivity contribution in [1.29, 1.82) is 0 Å². The predicted molar refractivity (Wildman–Crippen MR) is 136 cm³/mol. The Morgan fingerprint density at radius 3 is 2.44 bits per heavy atom. The maximum absolute atomic E-state index is 13.9. The molecule has 3 amide bonds. The number of piperazine rings is 2. The highest BCUT2D eigenvalue weighted by molar-refractivity contribution is 6.42. The van der Waals surface area contributed by atoms with E-state index in [-0.39, 0.29) is 52.5 Å². The van der Waals surface area contributed by atoms with E-state index in [4.69, 9.17) is 32.7 Å². The molecule has 10 nitrogen and oxygen atoms in total. The first kappa shape index (κ1) is 26.6. The summed E-state index contributed by atoms with van der Waals surface area (Å²) in [7, 11) is 0. The molecule has 0 bridgehead atoms. The van der Waals surface area contributed by atoms with Crippen LogP contribution in [0.1, 0.15) is 51.9 Å². The summed E-state index contributed by atoms with van der Waals surface area (Å²) < 4.78 is 11.6. The zero-order valence-corrected chi connectivity index (χ0v) is 23.1. The second-order valence-electron chi connectivity index (χ2n) is 11.0. The first-order valence-electron chi connectivity index (χ1n) is 12.0. The summed E-state index contributed by atoms with van der Waals surface area (Å²) in [5.74, 6) is 0.299. The van der Waals surface area contributed by atoms with Crippen LogP contribution in [0.5, 0.6) is 5.75 Å². The second kappa shape index (κ2) is 9.45. The lowest BCUT2D eigenvalue weighted by atomic mass is 9.98. The number of pyridine rings is 1. The Bertz CT molecular complexity index is 1090. The highest BCUT2D eigenvalue weighted by Crippen LogP contribution is 2.42. The van der Waals surface area contributed by atoms with Gasteiger partial charge in [-0.05, 0) is 34.6 Å². The number of aromatic nitrogens is 1. The van der Waals surface area contributed by atoms with Crippen molar-refractivity contribution in [3.63, 3.8) is 0 Å². The minimum atomic E-state index is -0.620. The van der Waals surface area contributed by atoms with Crippen molar-refractivity contribution in [2.24, 2.45) is 0 Å². The molecule has 0 aliphatic carbocycles. The second-order valence-corrected chi connectivity index (χ2v) is 11.8. The SMILES string of the molecule is CC(=O)N1CCN(c2nc(Cl)c(Cl)c3c2C(=O)N2CCN(C(=O)OC(C)(C)C)C[C@@H]2CO3)CC1(C)C. The molecule has 198 valence electrons. The number of rotatable bonds is 1. The van der Waals surface area contributed by atoms with Gasteiger partial charge in [-0.2, -0.15) is 0 Å². The predicted octanol–water partition coefficient (Wildman–Crippen LogP) is 3.29. The van der Waals surface area contributed by atoms with Crippen LogP contribution in [0.15, 0.2) is 0 Å². The number of anilines is 1. The quantitative estimate of drug-likeness (QED) is 0.503. The first-order chi connectivity index (χ1) is 16.7. The summed E-state index contributed by atoms with van der Waals surface area (Å²) in [6.45, 7) is 13.4. The molecule has 0 spiro atoms. The van der Waals surface area contributed by atoms with Crippen molar-refractivity contribution in [2.75, 3.05) is 50.8 Å². The molecule has 4 rings (SSSR count). The third-order valence-corrected chi connectivity index (χ3v) is 7.37. The zero-order chi connectivity index (χ0) is 26.6. The Morgan fingerprint density at radius 2 is 1.83 bits per heavy atom. The molecule has 0 N–H and O–H groups in total. The third-order valence-electron chi connectivity index (χ3n) is 6.65. The highest BCUT2D eigenvalue weighted by atomic mass is 35.5. The van der Waals surface area contributed by atoms with Crippen LogP contribution in [-0.4, -0.2) is 101 Å². The van der Waals surface area contributed by atoms with Crippen molar-refractivity contribution in [3.05, 3.63) is 15.7 Å². The van der Waals surface area contributed by atoms with E-state index < -0.39 is 17.2 Å². The molecule has 0 radical (unpaired) electrons. The number of carbonyl (C=O) groups excluding carboxylic acids is 3. The van der Waals surface area contributed by atoms with Crippen LogP contribution in [-0.2, 0) is 9.53 Å². The summed E-state index contributed by atoms with van der Waals surface area (Å²) in [6, 6.07) is -0.389. The number of nitrogens with zero attached hydrogens (tertiary/aromatic N) is 5. The molecule has 3 aliphatic heterocycles. The molecule has 1 aromatic heterocycles. The van der Waals surface area contributed by atoms with Crippen LogP contribution >= 0.6 is 23.2 Å². The molecule has 1 aromatic rings. The molecule has 3 aliphatic rings. The molecule has 1 atom stereocenters. The largest absolute Gasteiger partial charge is 0.489 e. The summed E-state index contributed by atoms with van der Waals surface area (Å²) in [5.41, 5.74) is -0.851. The molecule has 2 saturated heterocycles. The van der Waals surface area contributed by atoms with E-state index in [0.29, 0.717) is 38.5 Å². The van der Waals surface area contributed by atoms with Crippen LogP contribution in [0.4, 0.5) is 10.6 Å². The van der Waals surface area contributed by atoms with Crippen LogP contribution < -0.4 is 9.64 Å². The zero-order valence-electron chi connectivity index (χ0n) is 21.6. The van der Waals surface area contributed by atoms with Gasteiger partial charge in [0, 0.05) is 46.2 Å². The Kier molecular flexibility index (Phi) is 6.98. The fraction of sp³-hybridized carbons (Fsp3) is 0.667. The fourth-order valence-corrected chi connectivity index (χ4v) is 5.42. The standard InChI is InChI=1S/C24H33Cl2N5O5/c1-14(32)31-10-8-29(13-24(31,5)6)20-16-18(17(25)19(26)27-20)35-12-15-11-28(7-9-30(15)21(16)33)22(34)36-23(2,3)4/h15H,7-13H2,1-6H3/t15-/m1/s1. The molecule has 0 unspecified atom stereocenters. The van der Waals surface area contributed by atoms with Crippen LogP contribution in [0.3, 0.4) is 0 Å². The first-order valence-corrected chi connectivity index (χ1v) is 12.8. The Labute approximate surface area is 221 Å². The van der Waals surface area contributed by atoms with E-state index >= 15 is 0 Å². The summed E-state index contributed by atoms with van der Waals surface area (Å²) in [6.07, 6.45) is -0.426. The van der Waals surface area contributed by atoms with Crippen molar-refractivity contribution >= 4 is 46.9 Å². The van der Waals surface area contributed by atoms with E-state index in [0.717, 1.165) is 0 Å². The van der Waals surface area contributed by atoms with Gasteiger partial charge in [0.2, 0.25) is 5.91 Å². The number of hydrogen-bond donors (Lipinski definition) is 0. The maximum atomic E-state index is 13.9. The maximum Gasteiger partial charge on any atom is 0.410 e. The summed E-state index contributed by atoms with van der Waals surface area (Å²) >= 11 is 12.9. The normalized spacial score (nSPS) is 21.9. The van der Waals surface area contributed by atoms with Crippen LogP contribution in [0.2, 0.25) is 10.2 Å². The lowest BCUT2D eigenvalue weighted by Gasteiger charge is -2.47. The van der Waals surface area contributed by atoms with Crippen molar-refractivity contribution < 1.29 is 23.9 Å². The van der Waals surface area contributed by atoms with E-state index in [9.17, 15) is 14.4 Å². The van der Waals surface area contributed by atoms with Crippen molar-refractivity contribution in [2.45, 2.75) is 58.7 Å². The summed E-state index contributed by atoms with van der Waals surface area (Å²) in [4.78, 5) is 50.3. The van der Waals surface area contributed by atoms with Gasteiger partial charge in [0.1, 0.15) is 28.6 Å². The number of carbonyl (C=O) groups is 3. The number of ether oxygens (including phenoxy) is 2. The van der Waals surface area contributed by atoms with E-state index in [1.807, 2.05) is 44.4 Å². The van der Waals surface area contributed by atoms with Crippen molar-refractivity contribution in [3.8, 4) is 5.75 Å². The smallest absolute Gasteiger partial charge is 0.410 e. The lowest BCUT2D eigenvalue weighted by molar-refractivity contribution is -0.134. The molecular weight excluding hydrogens is 509 g/mol. The van der Waals surface area contributed by atoms with Gasteiger partial charge in [-0.1, -0.05) is 23.2 Å². The monoisotopic (exact) mass is 541 g/mol. The number of hydrogen-bond acceptors (Lipinski definition) is 7. The average Bonchev–Trinajstić information content (AvgIpc) is 2.90. The highest BCUT2D eigenvalue weighted by Gasteiger charge is 2.43. The molecule has 12 heteroatoms. The molecule has 36 heavy (non-hydrogen) atoms. The summed E-state index contributed by atoms with van der Waals surface area (Å²) in [5, 5.41) is 0.120. The minimum Gasteiger partial charge on any atom is -0.489 e. The van der Waals surface area contributed by atoms with Gasteiger partial charge in [-0.25, -0.2) is 9.78 Å². The van der Waals surface area contributed by atoms with Gasteiger partial charge >= 0.3 is 6.09 Å². The van der Waals surface area contributed by atoms with Gasteiger partial charge in [0.05, 0.1) is 11.6 Å². The molecule has 0 aromatic carbocycles. The van der Waals surface area contributed by atoms with Gasteiger partial charge in [-0.15, -0.1) is 0 Å². The van der Waals surface area contributed by atoms with Crippen LogP contribution in [0, 0.1) is 0 Å². The van der Waals surface area contributed by atoms with Gasteiger partial charge in [0.15, 0.2) is 10.9 Å². The van der Waals surface area contributed by atoms with E-state index in [1.165, 1.54) is 0 Å². The average molecular weight is 542 g/mol. The van der Waals surface area contributed by atoms with Gasteiger partial charge in [0.25, 0.3) is 5.91 Å². The van der Waals surface area contributed by atoms with Gasteiger partial charge < -0.3 is 29.1 Å². The number of amides is 3. The number of fused-ring (bicyclic) bond motifs is 2.